The van der Waals surface area contributed by atoms with Crippen molar-refractivity contribution in [2.45, 2.75) is 13.0 Å². The van der Waals surface area contributed by atoms with Crippen molar-refractivity contribution in [3.8, 4) is 11.5 Å². The first kappa shape index (κ1) is 24.4. The van der Waals surface area contributed by atoms with Crippen LogP contribution in [0.5, 0.6) is 11.5 Å². The van der Waals surface area contributed by atoms with Crippen molar-refractivity contribution in [1.29, 1.82) is 0 Å². The van der Waals surface area contributed by atoms with Crippen LogP contribution < -0.4 is 9.47 Å². The Bertz CT molecular complexity index is 1430. The summed E-state index contributed by atoms with van der Waals surface area (Å²) in [5.74, 6) is -1.08. The monoisotopic (exact) mass is 513 g/mol. The van der Waals surface area contributed by atoms with Gasteiger partial charge in [0.25, 0.3) is 0 Å². The summed E-state index contributed by atoms with van der Waals surface area (Å²) in [6.07, 6.45) is 0.467. The van der Waals surface area contributed by atoms with E-state index >= 15 is 0 Å². The first-order chi connectivity index (χ1) is 16.8. The van der Waals surface area contributed by atoms with Crippen LogP contribution in [0.15, 0.2) is 60.7 Å². The van der Waals surface area contributed by atoms with E-state index in [0.717, 1.165) is 11.1 Å². The van der Waals surface area contributed by atoms with Crippen molar-refractivity contribution >= 4 is 46.0 Å². The molecule has 0 saturated heterocycles. The zero-order valence-corrected chi connectivity index (χ0v) is 20.1. The number of fused-ring (bicyclic) bond motifs is 1. The molecular formula is C26H21Cl2NO6. The van der Waals surface area contributed by atoms with Gasteiger partial charge in [0.1, 0.15) is 17.2 Å². The number of aromatic nitrogens is 1. The van der Waals surface area contributed by atoms with Crippen molar-refractivity contribution in [2.24, 2.45) is 0 Å². The maximum absolute atomic E-state index is 12.0. The minimum Gasteiger partial charge on any atom is -0.496 e. The molecular weight excluding hydrogens is 493 g/mol. The van der Waals surface area contributed by atoms with Gasteiger partial charge >= 0.3 is 11.9 Å². The summed E-state index contributed by atoms with van der Waals surface area (Å²) in [7, 11) is 1.48. The molecule has 9 heteroatoms. The predicted octanol–water partition coefficient (Wildman–Crippen LogP) is 6.02. The van der Waals surface area contributed by atoms with Crippen LogP contribution in [0.1, 0.15) is 32.0 Å². The molecule has 3 aromatic carbocycles. The maximum atomic E-state index is 12.0. The summed E-state index contributed by atoms with van der Waals surface area (Å²) >= 11 is 12.1. The molecule has 4 aromatic rings. The number of halogens is 2. The van der Waals surface area contributed by atoms with Gasteiger partial charge in [-0.25, -0.2) is 9.59 Å². The summed E-state index contributed by atoms with van der Waals surface area (Å²) in [5.41, 5.74) is 2.57. The van der Waals surface area contributed by atoms with Crippen LogP contribution in [0.2, 0.25) is 10.0 Å². The minimum atomic E-state index is -1.06. The summed E-state index contributed by atoms with van der Waals surface area (Å²) in [6.45, 7) is 0.570. The second kappa shape index (κ2) is 10.3. The molecule has 0 amide bonds. The van der Waals surface area contributed by atoms with Crippen LogP contribution in [-0.4, -0.2) is 40.4 Å². The molecule has 0 atom stereocenters. The Morgan fingerprint density at radius 3 is 2.40 bits per heavy atom. The lowest BCUT2D eigenvalue weighted by atomic mass is 10.1. The number of carbonyl (C=O) groups is 2. The first-order valence-corrected chi connectivity index (χ1v) is 11.4. The number of nitrogens with zero attached hydrogens (tertiary/aromatic N) is 1. The van der Waals surface area contributed by atoms with E-state index in [4.69, 9.17) is 37.8 Å². The lowest BCUT2D eigenvalue weighted by Gasteiger charge is -2.12. The summed E-state index contributed by atoms with van der Waals surface area (Å²) in [5, 5.41) is 20.5. The van der Waals surface area contributed by atoms with Gasteiger partial charge in [0.05, 0.1) is 34.8 Å². The molecule has 0 aliphatic carbocycles. The molecule has 0 aliphatic heterocycles. The fourth-order valence-corrected chi connectivity index (χ4v) is 4.23. The second-order valence-corrected chi connectivity index (χ2v) is 8.60. The predicted molar refractivity (Wildman–Crippen MR) is 134 cm³/mol. The third kappa shape index (κ3) is 5.21. The van der Waals surface area contributed by atoms with Crippen LogP contribution in [0.25, 0.3) is 10.9 Å². The molecule has 35 heavy (non-hydrogen) atoms. The van der Waals surface area contributed by atoms with Gasteiger partial charge in [-0.15, -0.1) is 0 Å². The third-order valence-electron chi connectivity index (χ3n) is 5.61. The fourth-order valence-electron chi connectivity index (χ4n) is 3.91. The highest BCUT2D eigenvalue weighted by atomic mass is 35.5. The Hall–Kier alpha value is -3.68. The van der Waals surface area contributed by atoms with Crippen molar-refractivity contribution in [3.63, 3.8) is 0 Å². The summed E-state index contributed by atoms with van der Waals surface area (Å²) in [4.78, 5) is 23.2. The minimum absolute atomic E-state index is 0.119. The van der Waals surface area contributed by atoms with E-state index < -0.39 is 11.9 Å². The standard InChI is InChI=1S/C26H21Cl2NO6/c1-34-24-12-17(25(30)31)7-6-16(24)9-10-35-23-4-2-3-21-18(23)13-22(26(32)33)29(21)14-15-5-8-19(27)20(28)11-15/h2-8,11-13H,9-10,14H2,1H3,(H,30,31)(H,32,33). The van der Waals surface area contributed by atoms with E-state index in [9.17, 15) is 14.7 Å². The van der Waals surface area contributed by atoms with Gasteiger partial charge in [-0.1, -0.05) is 41.4 Å². The first-order valence-electron chi connectivity index (χ1n) is 10.6. The number of carboxylic acid groups (broad SMARTS) is 2. The van der Waals surface area contributed by atoms with Gasteiger partial charge in [-0.3, -0.25) is 0 Å². The average Bonchev–Trinajstić information content (AvgIpc) is 3.21. The number of hydrogen-bond donors (Lipinski definition) is 2. The largest absolute Gasteiger partial charge is 0.496 e. The van der Waals surface area contributed by atoms with Crippen LogP contribution in [-0.2, 0) is 13.0 Å². The van der Waals surface area contributed by atoms with Crippen molar-refractivity contribution < 1.29 is 29.3 Å². The number of hydrogen-bond acceptors (Lipinski definition) is 4. The Kier molecular flexibility index (Phi) is 7.19. The van der Waals surface area contributed by atoms with Gasteiger partial charge in [-0.05, 0) is 53.6 Å². The lowest BCUT2D eigenvalue weighted by molar-refractivity contribution is 0.0679. The Morgan fingerprint density at radius 2 is 1.71 bits per heavy atom. The number of aromatic carboxylic acids is 2. The normalized spacial score (nSPS) is 10.9. The van der Waals surface area contributed by atoms with E-state index in [1.54, 1.807) is 47.0 Å². The molecule has 0 radical (unpaired) electrons. The van der Waals surface area contributed by atoms with Gasteiger partial charge in [0.15, 0.2) is 0 Å². The highest BCUT2D eigenvalue weighted by Crippen LogP contribution is 2.31. The Labute approximate surface area is 211 Å². The molecule has 0 saturated carbocycles. The highest BCUT2D eigenvalue weighted by molar-refractivity contribution is 6.42. The zero-order valence-electron chi connectivity index (χ0n) is 18.6. The third-order valence-corrected chi connectivity index (χ3v) is 6.35. The summed E-state index contributed by atoms with van der Waals surface area (Å²) < 4.78 is 13.0. The van der Waals surface area contributed by atoms with Gasteiger partial charge in [0.2, 0.25) is 0 Å². The van der Waals surface area contributed by atoms with Crippen LogP contribution in [0.3, 0.4) is 0 Å². The van der Waals surface area contributed by atoms with Crippen molar-refractivity contribution in [2.75, 3.05) is 13.7 Å². The summed E-state index contributed by atoms with van der Waals surface area (Å²) in [6, 6.07) is 16.9. The van der Waals surface area contributed by atoms with Crippen molar-refractivity contribution in [3.05, 3.63) is 93.1 Å². The van der Waals surface area contributed by atoms with E-state index in [1.807, 2.05) is 6.07 Å². The molecule has 1 aromatic heterocycles. The molecule has 0 aliphatic rings. The molecule has 0 bridgehead atoms. The molecule has 2 N–H and O–H groups in total. The molecule has 0 spiro atoms. The quantitative estimate of drug-likeness (QED) is 0.283. The molecule has 0 fully saturated rings. The van der Waals surface area contributed by atoms with Crippen LogP contribution >= 0.6 is 23.2 Å². The number of rotatable bonds is 9. The van der Waals surface area contributed by atoms with E-state index in [1.165, 1.54) is 19.2 Å². The second-order valence-electron chi connectivity index (χ2n) is 7.79. The Balaban J connectivity index is 1.60. The van der Waals surface area contributed by atoms with Gasteiger partial charge in [-0.2, -0.15) is 0 Å². The van der Waals surface area contributed by atoms with E-state index in [0.29, 0.717) is 45.4 Å². The highest BCUT2D eigenvalue weighted by Gasteiger charge is 2.18. The zero-order chi connectivity index (χ0) is 25.1. The van der Waals surface area contributed by atoms with Crippen LogP contribution in [0, 0.1) is 0 Å². The Morgan fingerprint density at radius 1 is 0.914 bits per heavy atom. The number of carboxylic acids is 2. The maximum Gasteiger partial charge on any atom is 0.352 e. The molecule has 0 unspecified atom stereocenters. The molecule has 180 valence electrons. The molecule has 7 nitrogen and oxygen atoms in total. The number of methoxy groups -OCH3 is 1. The van der Waals surface area contributed by atoms with Gasteiger partial charge < -0.3 is 24.3 Å². The number of benzene rings is 3. The SMILES string of the molecule is COc1cc(C(=O)O)ccc1CCOc1cccc2c1cc(C(=O)O)n2Cc1ccc(Cl)c(Cl)c1. The van der Waals surface area contributed by atoms with Crippen LogP contribution in [0.4, 0.5) is 0 Å². The van der Waals surface area contributed by atoms with Crippen molar-refractivity contribution in [1.82, 2.24) is 4.57 Å². The van der Waals surface area contributed by atoms with E-state index in [2.05, 4.69) is 0 Å². The average molecular weight is 514 g/mol. The van der Waals surface area contributed by atoms with Gasteiger partial charge in [0, 0.05) is 18.4 Å². The topological polar surface area (TPSA) is 98.0 Å². The number of ether oxygens (including phenoxy) is 2. The smallest absolute Gasteiger partial charge is 0.352 e. The molecule has 4 rings (SSSR count). The molecule has 1 heterocycles. The van der Waals surface area contributed by atoms with E-state index in [-0.39, 0.29) is 17.9 Å². The fraction of sp³-hybridized carbons (Fsp3) is 0.154. The lowest BCUT2D eigenvalue weighted by Crippen LogP contribution is -2.09.